The van der Waals surface area contributed by atoms with Crippen LogP contribution in [0.15, 0.2) is 53.8 Å². The summed E-state index contributed by atoms with van der Waals surface area (Å²) in [5.41, 5.74) is 1.01. The fourth-order valence-electron chi connectivity index (χ4n) is 3.64. The molecular weight excluding hydrogens is 450 g/mol. The van der Waals surface area contributed by atoms with Gasteiger partial charge in [-0.25, -0.2) is 15.0 Å². The molecule has 0 spiro atoms. The van der Waals surface area contributed by atoms with E-state index in [4.69, 9.17) is 9.47 Å². The van der Waals surface area contributed by atoms with Gasteiger partial charge in [-0.1, -0.05) is 0 Å². The van der Waals surface area contributed by atoms with E-state index in [-0.39, 0.29) is 31.2 Å². The number of ether oxygens (including phenoxy) is 2. The summed E-state index contributed by atoms with van der Waals surface area (Å²) in [4.78, 5) is 42.0. The van der Waals surface area contributed by atoms with E-state index in [1.165, 1.54) is 23.3 Å². The lowest BCUT2D eigenvalue weighted by atomic mass is 10.1. The van der Waals surface area contributed by atoms with Crippen molar-refractivity contribution >= 4 is 11.7 Å². The van der Waals surface area contributed by atoms with E-state index in [1.807, 2.05) is 18.2 Å². The van der Waals surface area contributed by atoms with Crippen LogP contribution >= 0.6 is 0 Å². The summed E-state index contributed by atoms with van der Waals surface area (Å²) in [5, 5.41) is 2.75. The maximum atomic E-state index is 12.4. The van der Waals surface area contributed by atoms with Crippen molar-refractivity contribution in [3.63, 3.8) is 0 Å². The predicted molar refractivity (Wildman–Crippen MR) is 131 cm³/mol. The number of hydrogen-bond acceptors (Lipinski definition) is 9. The molecule has 0 saturated carbocycles. The van der Waals surface area contributed by atoms with Crippen LogP contribution in [0, 0.1) is 0 Å². The first-order valence-corrected chi connectivity index (χ1v) is 11.4. The summed E-state index contributed by atoms with van der Waals surface area (Å²) in [5.74, 6) is 1.70. The molecule has 0 radical (unpaired) electrons. The Morgan fingerprint density at radius 1 is 1.06 bits per heavy atom. The van der Waals surface area contributed by atoms with Crippen molar-refractivity contribution in [2.24, 2.45) is 0 Å². The Bertz CT molecular complexity index is 1190. The van der Waals surface area contributed by atoms with Crippen molar-refractivity contribution in [1.29, 1.82) is 0 Å². The Hall–Kier alpha value is -3.99. The number of carbonyl (C=O) groups excluding carboxylic acids is 1. The van der Waals surface area contributed by atoms with Crippen molar-refractivity contribution < 1.29 is 14.3 Å². The minimum absolute atomic E-state index is 0.129. The van der Waals surface area contributed by atoms with E-state index in [0.717, 1.165) is 43.3 Å². The van der Waals surface area contributed by atoms with Crippen LogP contribution in [-0.2, 0) is 11.3 Å². The topological polar surface area (TPSA) is 115 Å². The molecule has 0 aliphatic carbocycles. The second-order valence-corrected chi connectivity index (χ2v) is 8.17. The summed E-state index contributed by atoms with van der Waals surface area (Å²) < 4.78 is 12.1. The number of methoxy groups -OCH3 is 1. The van der Waals surface area contributed by atoms with Crippen molar-refractivity contribution in [2.45, 2.75) is 6.54 Å². The number of piperazine rings is 1. The number of amides is 1. The van der Waals surface area contributed by atoms with Gasteiger partial charge in [-0.3, -0.25) is 14.2 Å². The molecule has 1 saturated heterocycles. The highest BCUT2D eigenvalue weighted by molar-refractivity contribution is 5.75. The molecule has 1 aromatic carbocycles. The van der Waals surface area contributed by atoms with Gasteiger partial charge in [0.25, 0.3) is 5.56 Å². The van der Waals surface area contributed by atoms with Crippen LogP contribution in [-0.4, -0.2) is 83.8 Å². The monoisotopic (exact) mass is 479 g/mol. The van der Waals surface area contributed by atoms with E-state index in [1.54, 1.807) is 19.2 Å². The normalized spacial score (nSPS) is 13.9. The summed E-state index contributed by atoms with van der Waals surface area (Å²) in [6.07, 6.45) is 2.86. The molecule has 1 amide bonds. The molecular formula is C24H29N7O4. The molecule has 1 N–H and O–H groups in total. The van der Waals surface area contributed by atoms with Crippen LogP contribution in [0.25, 0.3) is 11.3 Å². The van der Waals surface area contributed by atoms with Crippen LogP contribution in [0.3, 0.4) is 0 Å². The average Bonchev–Trinajstić information content (AvgIpc) is 2.88. The zero-order valence-electron chi connectivity index (χ0n) is 19.9. The number of nitrogens with zero attached hydrogens (tertiary/aromatic N) is 6. The quantitative estimate of drug-likeness (QED) is 0.442. The third-order valence-electron chi connectivity index (χ3n) is 5.71. The summed E-state index contributed by atoms with van der Waals surface area (Å²) in [7, 11) is 3.69. The zero-order chi connectivity index (χ0) is 24.6. The smallest absolute Gasteiger partial charge is 0.254 e. The maximum absolute atomic E-state index is 12.4. The standard InChI is InChI=1S/C24H29N7O4/c1-29-8-10-30(11-9-29)21-14-23(27-16-26-21)35-12-7-25-22(32)15-31-17-28-20(13-24(31)33)18-3-5-19(34-2)6-4-18/h3-6,13-14,16-17H,7-12,15H2,1-2H3,(H,25,32). The van der Waals surface area contributed by atoms with E-state index >= 15 is 0 Å². The number of hydrogen-bond donors (Lipinski definition) is 1. The van der Waals surface area contributed by atoms with Crippen LogP contribution in [0.5, 0.6) is 11.6 Å². The van der Waals surface area contributed by atoms with Crippen molar-refractivity contribution in [3.05, 3.63) is 59.4 Å². The molecule has 0 atom stereocenters. The molecule has 0 bridgehead atoms. The number of likely N-dealkylation sites (N-methyl/N-ethyl adjacent to an activating group) is 1. The second kappa shape index (κ2) is 11.4. The summed E-state index contributed by atoms with van der Waals surface area (Å²) in [6, 6.07) is 10.5. The number of anilines is 1. The molecule has 11 nitrogen and oxygen atoms in total. The third-order valence-corrected chi connectivity index (χ3v) is 5.71. The Labute approximate surface area is 203 Å². The Kier molecular flexibility index (Phi) is 7.88. The highest BCUT2D eigenvalue weighted by atomic mass is 16.5. The number of nitrogens with one attached hydrogen (secondary N) is 1. The largest absolute Gasteiger partial charge is 0.497 e. The van der Waals surface area contributed by atoms with E-state index in [0.29, 0.717) is 11.6 Å². The number of benzene rings is 1. The van der Waals surface area contributed by atoms with Crippen molar-refractivity contribution in [2.75, 3.05) is 58.4 Å². The molecule has 2 aromatic heterocycles. The van der Waals surface area contributed by atoms with Gasteiger partial charge in [0.15, 0.2) is 0 Å². The van der Waals surface area contributed by atoms with Crippen molar-refractivity contribution in [1.82, 2.24) is 29.7 Å². The van der Waals surface area contributed by atoms with Gasteiger partial charge in [0, 0.05) is 43.9 Å². The van der Waals surface area contributed by atoms with Gasteiger partial charge in [0.1, 0.15) is 31.0 Å². The fraction of sp³-hybridized carbons (Fsp3) is 0.375. The van der Waals surface area contributed by atoms with Crippen LogP contribution in [0.4, 0.5) is 5.82 Å². The Balaban J connectivity index is 1.24. The van der Waals surface area contributed by atoms with Crippen molar-refractivity contribution in [3.8, 4) is 22.9 Å². The first-order chi connectivity index (χ1) is 17.0. The minimum atomic E-state index is -0.311. The number of rotatable bonds is 9. The molecule has 11 heteroatoms. The number of carbonyl (C=O) groups is 1. The molecule has 3 heterocycles. The summed E-state index contributed by atoms with van der Waals surface area (Å²) in [6.45, 7) is 4.16. The van der Waals surface area contributed by atoms with E-state index < -0.39 is 0 Å². The highest BCUT2D eigenvalue weighted by Crippen LogP contribution is 2.19. The molecule has 4 rings (SSSR count). The van der Waals surface area contributed by atoms with E-state index in [9.17, 15) is 9.59 Å². The minimum Gasteiger partial charge on any atom is -0.497 e. The van der Waals surface area contributed by atoms with Gasteiger partial charge in [0.2, 0.25) is 11.8 Å². The van der Waals surface area contributed by atoms with Gasteiger partial charge in [-0.05, 0) is 31.3 Å². The predicted octanol–water partition coefficient (Wildman–Crippen LogP) is 0.656. The highest BCUT2D eigenvalue weighted by Gasteiger charge is 2.16. The molecule has 1 aliphatic heterocycles. The lowest BCUT2D eigenvalue weighted by Crippen LogP contribution is -2.44. The van der Waals surface area contributed by atoms with E-state index in [2.05, 4.69) is 37.1 Å². The van der Waals surface area contributed by atoms with Crippen LogP contribution in [0.1, 0.15) is 0 Å². The lowest BCUT2D eigenvalue weighted by Gasteiger charge is -2.33. The first kappa shape index (κ1) is 24.1. The van der Waals surface area contributed by atoms with Crippen LogP contribution < -0.4 is 25.2 Å². The number of aromatic nitrogens is 4. The Morgan fingerprint density at radius 3 is 2.54 bits per heavy atom. The molecule has 0 unspecified atom stereocenters. The fourth-order valence-corrected chi connectivity index (χ4v) is 3.64. The lowest BCUT2D eigenvalue weighted by molar-refractivity contribution is -0.121. The maximum Gasteiger partial charge on any atom is 0.254 e. The first-order valence-electron chi connectivity index (χ1n) is 11.4. The van der Waals surface area contributed by atoms with Gasteiger partial charge < -0.3 is 24.6 Å². The van der Waals surface area contributed by atoms with Crippen LogP contribution in [0.2, 0.25) is 0 Å². The molecule has 184 valence electrons. The van der Waals surface area contributed by atoms with Gasteiger partial charge in [-0.15, -0.1) is 0 Å². The third kappa shape index (κ3) is 6.54. The average molecular weight is 480 g/mol. The molecule has 1 fully saturated rings. The molecule has 1 aliphatic rings. The molecule has 3 aromatic rings. The second-order valence-electron chi connectivity index (χ2n) is 8.17. The summed E-state index contributed by atoms with van der Waals surface area (Å²) >= 11 is 0. The SMILES string of the molecule is COc1ccc(-c2cc(=O)n(CC(=O)NCCOc3cc(N4CCN(C)CC4)ncn3)cn2)cc1. The molecule has 35 heavy (non-hydrogen) atoms. The zero-order valence-corrected chi connectivity index (χ0v) is 19.9. The van der Waals surface area contributed by atoms with Gasteiger partial charge in [-0.2, -0.15) is 0 Å². The van der Waals surface area contributed by atoms with Gasteiger partial charge >= 0.3 is 0 Å². The Morgan fingerprint density at radius 2 is 1.83 bits per heavy atom. The van der Waals surface area contributed by atoms with Gasteiger partial charge in [0.05, 0.1) is 25.7 Å².